The van der Waals surface area contributed by atoms with Crippen LogP contribution in [0.1, 0.15) is 19.3 Å². The molecule has 0 nitrogen and oxygen atoms in total. The topological polar surface area (TPSA) is 0 Å². The van der Waals surface area contributed by atoms with Crippen LogP contribution in [0.4, 0.5) is 43.9 Å². The van der Waals surface area contributed by atoms with E-state index >= 15 is 0 Å². The van der Waals surface area contributed by atoms with Crippen LogP contribution in [0.15, 0.2) is 23.3 Å². The van der Waals surface area contributed by atoms with Crippen LogP contribution in [-0.4, -0.2) is 12.4 Å². The Bertz CT molecular complexity index is 411. The summed E-state index contributed by atoms with van der Waals surface area (Å²) in [5.41, 5.74) is 0. The van der Waals surface area contributed by atoms with Crippen molar-refractivity contribution in [1.82, 2.24) is 0 Å². The zero-order chi connectivity index (χ0) is 16.6. The molecule has 0 spiro atoms. The van der Waals surface area contributed by atoms with E-state index in [-0.39, 0.29) is 6.42 Å². The minimum atomic E-state index is -5.68. The molecule has 1 aliphatic carbocycles. The second-order valence-electron chi connectivity index (χ2n) is 4.46. The van der Waals surface area contributed by atoms with E-state index in [1.54, 1.807) is 0 Å². The zero-order valence-corrected chi connectivity index (χ0v) is 10.1. The summed E-state index contributed by atoms with van der Waals surface area (Å²) >= 11 is 0. The molecule has 122 valence electrons. The number of alkyl halides is 6. The van der Waals surface area contributed by atoms with Gasteiger partial charge in [-0.25, -0.2) is 8.78 Å². The largest absolute Gasteiger partial charge is 0.445 e. The first-order valence-corrected chi connectivity index (χ1v) is 5.62. The summed E-state index contributed by atoms with van der Waals surface area (Å²) in [4.78, 5) is 0. The maximum absolute atomic E-state index is 13.4. The van der Waals surface area contributed by atoms with Gasteiger partial charge in [0.2, 0.25) is 11.7 Å². The Hall–Kier alpha value is -1.22. The highest BCUT2D eigenvalue weighted by molar-refractivity contribution is 5.19. The third-order valence-corrected chi connectivity index (χ3v) is 3.08. The van der Waals surface area contributed by atoms with Crippen LogP contribution in [0.2, 0.25) is 0 Å². The monoisotopic (exact) mass is 330 g/mol. The maximum atomic E-state index is 13.4. The second kappa shape index (κ2) is 5.88. The van der Waals surface area contributed by atoms with Crippen molar-refractivity contribution in [3.05, 3.63) is 23.3 Å². The summed E-state index contributed by atoms with van der Waals surface area (Å²) < 4.78 is 124. The Morgan fingerprint density at radius 3 is 1.14 bits per heavy atom. The molecule has 0 aromatic heterocycles. The smallest absolute Gasteiger partial charge is 0.208 e. The van der Waals surface area contributed by atoms with Crippen LogP contribution >= 0.6 is 0 Å². The van der Waals surface area contributed by atoms with Gasteiger partial charge in [-0.05, 0) is 12.8 Å². The Morgan fingerprint density at radius 2 is 0.905 bits per heavy atom. The summed E-state index contributed by atoms with van der Waals surface area (Å²) in [6.07, 6.45) is -12.6. The third-order valence-electron chi connectivity index (χ3n) is 3.08. The van der Waals surface area contributed by atoms with E-state index in [2.05, 4.69) is 0 Å². The van der Waals surface area contributed by atoms with Gasteiger partial charge >= 0.3 is 12.4 Å². The summed E-state index contributed by atoms with van der Waals surface area (Å²) in [5, 5.41) is 0. The molecule has 1 saturated carbocycles. The molecular formula is C11H8F10. The van der Waals surface area contributed by atoms with Crippen LogP contribution in [0.5, 0.6) is 0 Å². The highest BCUT2D eigenvalue weighted by Gasteiger charge is 2.47. The van der Waals surface area contributed by atoms with E-state index in [9.17, 15) is 43.9 Å². The fourth-order valence-corrected chi connectivity index (χ4v) is 2.16. The quantitative estimate of drug-likeness (QED) is 0.559. The van der Waals surface area contributed by atoms with E-state index in [0.29, 0.717) is 0 Å². The molecule has 1 fully saturated rings. The van der Waals surface area contributed by atoms with Crippen LogP contribution < -0.4 is 0 Å². The predicted octanol–water partition coefficient (Wildman–Crippen LogP) is 5.83. The van der Waals surface area contributed by atoms with Crippen molar-refractivity contribution >= 4 is 0 Å². The molecule has 0 saturated heterocycles. The van der Waals surface area contributed by atoms with Crippen molar-refractivity contribution in [3.63, 3.8) is 0 Å². The third kappa shape index (κ3) is 3.91. The fourth-order valence-electron chi connectivity index (χ4n) is 2.16. The second-order valence-corrected chi connectivity index (χ2v) is 4.46. The summed E-state index contributed by atoms with van der Waals surface area (Å²) in [6, 6.07) is 0. The van der Waals surface area contributed by atoms with Gasteiger partial charge in [0, 0.05) is 11.8 Å². The SMILES string of the molecule is F/C(=C(\F)C(F)(F)F)C1CCCC1/C(F)=C(/F)C(F)(F)F. The van der Waals surface area contributed by atoms with Crippen LogP contribution in [0.25, 0.3) is 0 Å². The molecule has 21 heavy (non-hydrogen) atoms. The Morgan fingerprint density at radius 1 is 0.619 bits per heavy atom. The molecule has 0 aromatic carbocycles. The molecule has 10 heteroatoms. The van der Waals surface area contributed by atoms with Crippen molar-refractivity contribution in [2.24, 2.45) is 11.8 Å². The lowest BCUT2D eigenvalue weighted by Crippen LogP contribution is -2.19. The summed E-state index contributed by atoms with van der Waals surface area (Å²) in [6.45, 7) is 0. The van der Waals surface area contributed by atoms with E-state index < -0.39 is 60.3 Å². The van der Waals surface area contributed by atoms with Crippen molar-refractivity contribution < 1.29 is 43.9 Å². The lowest BCUT2D eigenvalue weighted by atomic mass is 9.92. The molecular weight excluding hydrogens is 322 g/mol. The summed E-state index contributed by atoms with van der Waals surface area (Å²) in [7, 11) is 0. The van der Waals surface area contributed by atoms with E-state index in [0.717, 1.165) is 0 Å². The van der Waals surface area contributed by atoms with Crippen molar-refractivity contribution in [1.29, 1.82) is 0 Å². The maximum Gasteiger partial charge on any atom is 0.445 e. The normalized spacial score (nSPS) is 26.6. The number of hydrogen-bond acceptors (Lipinski definition) is 0. The van der Waals surface area contributed by atoms with E-state index in [4.69, 9.17) is 0 Å². The predicted molar refractivity (Wildman–Crippen MR) is 51.4 cm³/mol. The minimum Gasteiger partial charge on any atom is -0.208 e. The molecule has 0 aliphatic heterocycles. The Balaban J connectivity index is 3.17. The first-order valence-electron chi connectivity index (χ1n) is 5.62. The van der Waals surface area contributed by atoms with Crippen molar-refractivity contribution in [2.45, 2.75) is 31.6 Å². The van der Waals surface area contributed by atoms with Crippen molar-refractivity contribution in [3.8, 4) is 0 Å². The number of halogens is 10. The molecule has 0 heterocycles. The molecule has 1 aliphatic rings. The van der Waals surface area contributed by atoms with Crippen molar-refractivity contribution in [2.75, 3.05) is 0 Å². The van der Waals surface area contributed by atoms with Gasteiger partial charge < -0.3 is 0 Å². The molecule has 0 N–H and O–H groups in total. The fraction of sp³-hybridized carbons (Fsp3) is 0.636. The highest BCUT2D eigenvalue weighted by Crippen LogP contribution is 2.47. The Labute approximate surface area is 112 Å². The number of hydrogen-bond donors (Lipinski definition) is 0. The van der Waals surface area contributed by atoms with Crippen LogP contribution in [0.3, 0.4) is 0 Å². The van der Waals surface area contributed by atoms with E-state index in [1.165, 1.54) is 0 Å². The van der Waals surface area contributed by atoms with Gasteiger partial charge in [0.25, 0.3) is 0 Å². The lowest BCUT2D eigenvalue weighted by molar-refractivity contribution is -0.114. The van der Waals surface area contributed by atoms with Gasteiger partial charge in [0.15, 0.2) is 0 Å². The number of rotatable bonds is 2. The first-order chi connectivity index (χ1) is 9.37. The molecule has 0 amide bonds. The van der Waals surface area contributed by atoms with Gasteiger partial charge in [-0.15, -0.1) is 0 Å². The minimum absolute atomic E-state index is 0.160. The average Bonchev–Trinajstić information content (AvgIpc) is 2.81. The molecule has 1 rings (SSSR count). The van der Waals surface area contributed by atoms with E-state index in [1.807, 2.05) is 0 Å². The molecule has 0 radical (unpaired) electrons. The van der Waals surface area contributed by atoms with Gasteiger partial charge in [0.1, 0.15) is 11.7 Å². The summed E-state index contributed by atoms with van der Waals surface area (Å²) in [5.74, 6) is -15.3. The average molecular weight is 330 g/mol. The van der Waals surface area contributed by atoms with Gasteiger partial charge in [-0.2, -0.15) is 35.1 Å². The molecule has 0 aromatic rings. The van der Waals surface area contributed by atoms with Crippen LogP contribution in [0, 0.1) is 11.8 Å². The molecule has 0 bridgehead atoms. The highest BCUT2D eigenvalue weighted by atomic mass is 19.4. The number of allylic oxidation sites excluding steroid dienone is 4. The zero-order valence-electron chi connectivity index (χ0n) is 10.1. The first kappa shape index (κ1) is 17.8. The van der Waals surface area contributed by atoms with Gasteiger partial charge in [-0.1, -0.05) is 6.42 Å². The standard InChI is InChI=1S/C11H8F10/c12-6(8(14)10(16,17)18)4-2-1-3-5(4)7(13)9(15)11(19,20)21/h4-5H,1-3H2/b8-6-,9-7-. The molecule has 2 unspecified atom stereocenters. The van der Waals surface area contributed by atoms with Gasteiger partial charge in [-0.3, -0.25) is 0 Å². The Kier molecular flexibility index (Phi) is 4.99. The van der Waals surface area contributed by atoms with Crippen LogP contribution in [-0.2, 0) is 0 Å². The molecule has 2 atom stereocenters. The van der Waals surface area contributed by atoms with Gasteiger partial charge in [0.05, 0.1) is 0 Å². The lowest BCUT2D eigenvalue weighted by Gasteiger charge is -2.18.